The van der Waals surface area contributed by atoms with E-state index in [9.17, 15) is 0 Å². The molecule has 1 unspecified atom stereocenters. The number of aliphatic imine (C=N–C) groups is 1. The summed E-state index contributed by atoms with van der Waals surface area (Å²) < 4.78 is 7.11. The largest absolute Gasteiger partial charge is 0.377 e. The molecule has 1 aromatic heterocycles. The summed E-state index contributed by atoms with van der Waals surface area (Å²) >= 11 is 7.70. The van der Waals surface area contributed by atoms with Crippen LogP contribution in [0.1, 0.15) is 25.0 Å². The van der Waals surface area contributed by atoms with Crippen molar-refractivity contribution in [2.24, 2.45) is 4.99 Å². The fourth-order valence-electron chi connectivity index (χ4n) is 3.03. The first-order chi connectivity index (χ1) is 13.7. The van der Waals surface area contributed by atoms with Crippen LogP contribution in [0.2, 0.25) is 5.02 Å². The molecule has 0 radical (unpaired) electrons. The molecule has 0 amide bonds. The molecule has 2 aromatic rings. The van der Waals surface area contributed by atoms with E-state index in [1.54, 1.807) is 18.9 Å². The van der Waals surface area contributed by atoms with Gasteiger partial charge in [0, 0.05) is 41.8 Å². The average molecular weight is 423 g/mol. The van der Waals surface area contributed by atoms with E-state index in [2.05, 4.69) is 27.6 Å². The summed E-state index contributed by atoms with van der Waals surface area (Å²) in [6.07, 6.45) is 1.91. The smallest absolute Gasteiger partial charge is 0.191 e. The van der Waals surface area contributed by atoms with Crippen molar-refractivity contribution in [3.8, 4) is 0 Å². The Morgan fingerprint density at radius 2 is 2.21 bits per heavy atom. The van der Waals surface area contributed by atoms with Gasteiger partial charge in [-0.2, -0.15) is 5.10 Å². The predicted octanol–water partition coefficient (Wildman–Crippen LogP) is 2.74. The third-order valence-electron chi connectivity index (χ3n) is 4.30. The Balaban J connectivity index is 1.50. The zero-order valence-electron chi connectivity index (χ0n) is 16.3. The minimum absolute atomic E-state index is 0.284. The number of hydrogen-bond donors (Lipinski definition) is 2. The third-order valence-corrected chi connectivity index (χ3v) is 5.55. The molecule has 2 heterocycles. The van der Waals surface area contributed by atoms with Gasteiger partial charge < -0.3 is 15.4 Å². The molecule has 152 valence electrons. The number of rotatable bonds is 8. The zero-order chi connectivity index (χ0) is 19.8. The Hall–Kier alpha value is -1.77. The number of benzene rings is 1. The molecule has 1 atom stereocenters. The SMILES string of the molecule is CCNC(=NCCSc1ccc(Cl)cc1)NC1CCc2nc(COC)nn2C1. The topological polar surface area (TPSA) is 76.4 Å². The molecule has 1 aliphatic heterocycles. The van der Waals surface area contributed by atoms with Gasteiger partial charge in [0.2, 0.25) is 0 Å². The molecular weight excluding hydrogens is 396 g/mol. The zero-order valence-corrected chi connectivity index (χ0v) is 17.9. The first kappa shape index (κ1) is 21.0. The third kappa shape index (κ3) is 6.12. The van der Waals surface area contributed by atoms with Gasteiger partial charge >= 0.3 is 0 Å². The van der Waals surface area contributed by atoms with Crippen LogP contribution in [0.25, 0.3) is 0 Å². The number of thioether (sulfide) groups is 1. The molecule has 2 N–H and O–H groups in total. The molecular formula is C19H27ClN6OS. The van der Waals surface area contributed by atoms with Gasteiger partial charge in [-0.1, -0.05) is 11.6 Å². The van der Waals surface area contributed by atoms with Crippen molar-refractivity contribution in [3.05, 3.63) is 40.9 Å². The van der Waals surface area contributed by atoms with Gasteiger partial charge in [-0.25, -0.2) is 9.67 Å². The standard InChI is InChI=1S/C19H27ClN6OS/c1-3-21-19(22-10-11-28-16-7-4-14(20)5-8-16)23-15-6-9-18-24-17(13-27-2)25-26(18)12-15/h4-5,7-8,15H,3,6,9-13H2,1-2H3,(H2,21,22,23). The minimum Gasteiger partial charge on any atom is -0.377 e. The number of fused-ring (bicyclic) bond motifs is 1. The number of aromatic nitrogens is 3. The van der Waals surface area contributed by atoms with Gasteiger partial charge in [0.1, 0.15) is 12.4 Å². The van der Waals surface area contributed by atoms with Crippen LogP contribution in [0, 0.1) is 0 Å². The monoisotopic (exact) mass is 422 g/mol. The van der Waals surface area contributed by atoms with E-state index in [0.29, 0.717) is 6.61 Å². The molecule has 9 heteroatoms. The van der Waals surface area contributed by atoms with Crippen molar-refractivity contribution in [3.63, 3.8) is 0 Å². The summed E-state index contributed by atoms with van der Waals surface area (Å²) in [6.45, 7) is 4.88. The summed E-state index contributed by atoms with van der Waals surface area (Å²) in [6, 6.07) is 8.19. The first-order valence-corrected chi connectivity index (χ1v) is 10.9. The number of nitrogens with one attached hydrogen (secondary N) is 2. The molecule has 0 spiro atoms. The Bertz CT molecular complexity index is 779. The molecule has 0 fully saturated rings. The lowest BCUT2D eigenvalue weighted by molar-refractivity contribution is 0.177. The number of ether oxygens (including phenoxy) is 1. The van der Waals surface area contributed by atoms with E-state index in [1.165, 1.54) is 4.90 Å². The van der Waals surface area contributed by atoms with Gasteiger partial charge in [-0.15, -0.1) is 11.8 Å². The summed E-state index contributed by atoms with van der Waals surface area (Å²) in [7, 11) is 1.66. The summed E-state index contributed by atoms with van der Waals surface area (Å²) in [4.78, 5) is 10.4. The Kier molecular flexibility index (Phi) is 8.00. The second-order valence-corrected chi connectivity index (χ2v) is 8.11. The van der Waals surface area contributed by atoms with Crippen LogP contribution in [0.4, 0.5) is 0 Å². The van der Waals surface area contributed by atoms with Gasteiger partial charge in [0.15, 0.2) is 11.8 Å². The van der Waals surface area contributed by atoms with Gasteiger partial charge in [-0.3, -0.25) is 4.99 Å². The predicted molar refractivity (Wildman–Crippen MR) is 114 cm³/mol. The maximum atomic E-state index is 5.93. The van der Waals surface area contributed by atoms with Crippen molar-refractivity contribution in [1.82, 2.24) is 25.4 Å². The molecule has 3 rings (SSSR count). The van der Waals surface area contributed by atoms with Crippen molar-refractivity contribution >= 4 is 29.3 Å². The molecule has 0 saturated heterocycles. The second-order valence-electron chi connectivity index (χ2n) is 6.50. The second kappa shape index (κ2) is 10.7. The number of halogens is 1. The van der Waals surface area contributed by atoms with Gasteiger partial charge in [0.25, 0.3) is 0 Å². The highest BCUT2D eigenvalue weighted by Crippen LogP contribution is 2.20. The van der Waals surface area contributed by atoms with E-state index < -0.39 is 0 Å². The number of hydrogen-bond acceptors (Lipinski definition) is 5. The molecule has 1 aromatic carbocycles. The summed E-state index contributed by atoms with van der Waals surface area (Å²) in [5.41, 5.74) is 0. The van der Waals surface area contributed by atoms with Crippen molar-refractivity contribution < 1.29 is 4.74 Å². The highest BCUT2D eigenvalue weighted by Gasteiger charge is 2.22. The summed E-state index contributed by atoms with van der Waals surface area (Å²) in [5.74, 6) is 3.55. The fraction of sp³-hybridized carbons (Fsp3) is 0.526. The molecule has 7 nitrogen and oxygen atoms in total. The highest BCUT2D eigenvalue weighted by atomic mass is 35.5. The van der Waals surface area contributed by atoms with Crippen molar-refractivity contribution in [2.75, 3.05) is 26.0 Å². The lowest BCUT2D eigenvalue weighted by Gasteiger charge is -2.25. The maximum Gasteiger partial charge on any atom is 0.191 e. The molecule has 28 heavy (non-hydrogen) atoms. The normalized spacial score (nSPS) is 16.7. The van der Waals surface area contributed by atoms with Crippen LogP contribution < -0.4 is 10.6 Å². The highest BCUT2D eigenvalue weighted by molar-refractivity contribution is 7.99. The minimum atomic E-state index is 0.284. The van der Waals surface area contributed by atoms with E-state index in [0.717, 1.165) is 60.9 Å². The van der Waals surface area contributed by atoms with E-state index in [-0.39, 0.29) is 6.04 Å². The Labute approximate surface area is 175 Å². The van der Waals surface area contributed by atoms with E-state index in [4.69, 9.17) is 21.3 Å². The fourth-order valence-corrected chi connectivity index (χ4v) is 3.91. The lowest BCUT2D eigenvalue weighted by Crippen LogP contribution is -2.47. The van der Waals surface area contributed by atoms with Crippen LogP contribution >= 0.6 is 23.4 Å². The van der Waals surface area contributed by atoms with E-state index in [1.807, 2.05) is 28.9 Å². The Morgan fingerprint density at radius 3 is 2.96 bits per heavy atom. The molecule has 0 saturated carbocycles. The van der Waals surface area contributed by atoms with Gasteiger partial charge in [0.05, 0.1) is 13.1 Å². The van der Waals surface area contributed by atoms with Crippen molar-refractivity contribution in [2.45, 2.75) is 43.9 Å². The van der Waals surface area contributed by atoms with Crippen LogP contribution in [-0.4, -0.2) is 52.7 Å². The van der Waals surface area contributed by atoms with E-state index >= 15 is 0 Å². The summed E-state index contributed by atoms with van der Waals surface area (Å²) in [5, 5.41) is 12.2. The first-order valence-electron chi connectivity index (χ1n) is 9.52. The quantitative estimate of drug-likeness (QED) is 0.295. The molecule has 1 aliphatic rings. The lowest BCUT2D eigenvalue weighted by atomic mass is 10.1. The van der Waals surface area contributed by atoms with Crippen LogP contribution in [0.5, 0.6) is 0 Å². The maximum absolute atomic E-state index is 5.93. The number of guanidine groups is 1. The van der Waals surface area contributed by atoms with Crippen LogP contribution in [0.3, 0.4) is 0 Å². The number of aryl methyl sites for hydroxylation is 1. The van der Waals surface area contributed by atoms with Gasteiger partial charge in [-0.05, 0) is 37.6 Å². The average Bonchev–Trinajstić information content (AvgIpc) is 3.08. The van der Waals surface area contributed by atoms with Crippen LogP contribution in [0.15, 0.2) is 34.2 Å². The number of nitrogens with zero attached hydrogens (tertiary/aromatic N) is 4. The van der Waals surface area contributed by atoms with Crippen LogP contribution in [-0.2, 0) is 24.3 Å². The van der Waals surface area contributed by atoms with Crippen molar-refractivity contribution in [1.29, 1.82) is 0 Å². The molecule has 0 bridgehead atoms. The number of methoxy groups -OCH3 is 1. The molecule has 0 aliphatic carbocycles. The Morgan fingerprint density at radius 1 is 1.39 bits per heavy atom.